The van der Waals surface area contributed by atoms with E-state index in [9.17, 15) is 23.1 Å². The van der Waals surface area contributed by atoms with Gasteiger partial charge in [0.25, 0.3) is 5.91 Å². The van der Waals surface area contributed by atoms with Crippen molar-refractivity contribution >= 4 is 11.7 Å². The van der Waals surface area contributed by atoms with Crippen LogP contribution in [0.15, 0.2) is 41.4 Å². The second-order valence-electron chi connectivity index (χ2n) is 7.15. The number of hydrogen-bond acceptors (Lipinski definition) is 4. The number of carbonyl (C=O) groups is 1. The maximum absolute atomic E-state index is 13.4. The fourth-order valence-corrected chi connectivity index (χ4v) is 3.96. The van der Waals surface area contributed by atoms with Crippen LogP contribution in [-0.4, -0.2) is 34.5 Å². The van der Waals surface area contributed by atoms with Crippen molar-refractivity contribution in [3.63, 3.8) is 0 Å². The Balaban J connectivity index is 1.96. The van der Waals surface area contributed by atoms with Crippen LogP contribution in [0.1, 0.15) is 41.4 Å². The first-order valence-corrected chi connectivity index (χ1v) is 8.95. The number of benzene rings is 1. The van der Waals surface area contributed by atoms with Crippen LogP contribution in [0.2, 0.25) is 0 Å². The van der Waals surface area contributed by atoms with Crippen molar-refractivity contribution in [1.29, 1.82) is 0 Å². The number of aliphatic imine (C=N–C) groups is 1. The summed E-state index contributed by atoms with van der Waals surface area (Å²) in [5.74, 6) is -0.401. The largest absolute Gasteiger partial charge is 0.433 e. The molecule has 1 amide bonds. The summed E-state index contributed by atoms with van der Waals surface area (Å²) < 4.78 is 40.1. The molecule has 1 aromatic heterocycles. The predicted octanol–water partition coefficient (Wildman–Crippen LogP) is 2.59. The Morgan fingerprint density at radius 3 is 2.71 bits per heavy atom. The SMILES string of the molecule is C[C@@H](CO)NC1=NC(=O)[C@@]2(CCc3ccccc32)c2nc(C(F)(F)F)ccc21. The van der Waals surface area contributed by atoms with Crippen LogP contribution in [-0.2, 0) is 22.8 Å². The van der Waals surface area contributed by atoms with Gasteiger partial charge in [0.1, 0.15) is 16.9 Å². The molecule has 8 heteroatoms. The molecule has 28 heavy (non-hydrogen) atoms. The van der Waals surface area contributed by atoms with E-state index in [0.717, 1.165) is 11.6 Å². The molecule has 2 atom stereocenters. The predicted molar refractivity (Wildman–Crippen MR) is 96.0 cm³/mol. The lowest BCUT2D eigenvalue weighted by Crippen LogP contribution is -2.46. The van der Waals surface area contributed by atoms with Gasteiger partial charge in [-0.3, -0.25) is 4.79 Å². The second kappa shape index (κ2) is 6.41. The summed E-state index contributed by atoms with van der Waals surface area (Å²) in [6.45, 7) is 1.46. The van der Waals surface area contributed by atoms with Crippen molar-refractivity contribution in [3.05, 3.63) is 64.5 Å². The molecule has 1 aromatic carbocycles. The second-order valence-corrected chi connectivity index (χ2v) is 7.15. The highest BCUT2D eigenvalue weighted by Crippen LogP contribution is 2.48. The Labute approximate surface area is 159 Å². The van der Waals surface area contributed by atoms with Gasteiger partial charge in [0, 0.05) is 11.6 Å². The van der Waals surface area contributed by atoms with Gasteiger partial charge < -0.3 is 10.4 Å². The minimum Gasteiger partial charge on any atom is -0.394 e. The molecule has 2 N–H and O–H groups in total. The van der Waals surface area contributed by atoms with Gasteiger partial charge in [-0.25, -0.2) is 4.98 Å². The molecule has 0 unspecified atom stereocenters. The van der Waals surface area contributed by atoms with Gasteiger partial charge in [-0.1, -0.05) is 24.3 Å². The first-order chi connectivity index (χ1) is 13.3. The van der Waals surface area contributed by atoms with Crippen molar-refractivity contribution in [2.24, 2.45) is 4.99 Å². The number of nitrogens with one attached hydrogen (secondary N) is 1. The van der Waals surface area contributed by atoms with Crippen LogP contribution in [0.5, 0.6) is 0 Å². The minimum atomic E-state index is -4.63. The third-order valence-electron chi connectivity index (χ3n) is 5.33. The number of aliphatic hydroxyl groups excluding tert-OH is 1. The fourth-order valence-electron chi connectivity index (χ4n) is 3.96. The van der Waals surface area contributed by atoms with Crippen LogP contribution < -0.4 is 5.32 Å². The Bertz CT molecular complexity index is 987. The quantitative estimate of drug-likeness (QED) is 0.828. The van der Waals surface area contributed by atoms with Crippen molar-refractivity contribution in [2.45, 2.75) is 37.4 Å². The molecule has 0 saturated carbocycles. The number of aromatic nitrogens is 1. The van der Waals surface area contributed by atoms with Gasteiger partial charge in [0.05, 0.1) is 12.3 Å². The molecule has 2 aliphatic rings. The first kappa shape index (κ1) is 18.6. The lowest BCUT2D eigenvalue weighted by Gasteiger charge is -2.33. The highest BCUT2D eigenvalue weighted by atomic mass is 19.4. The summed E-state index contributed by atoms with van der Waals surface area (Å²) in [7, 11) is 0. The van der Waals surface area contributed by atoms with E-state index >= 15 is 0 Å². The van der Waals surface area contributed by atoms with E-state index in [-0.39, 0.29) is 18.1 Å². The molecular formula is C20H18F3N3O2. The van der Waals surface area contributed by atoms with Gasteiger partial charge in [-0.2, -0.15) is 18.2 Å². The normalized spacial score (nSPS) is 21.9. The van der Waals surface area contributed by atoms with Crippen LogP contribution in [0, 0.1) is 0 Å². The molecule has 1 aliphatic heterocycles. The molecule has 0 fully saturated rings. The molecule has 0 saturated heterocycles. The van der Waals surface area contributed by atoms with E-state index in [1.165, 1.54) is 6.07 Å². The monoisotopic (exact) mass is 389 g/mol. The third-order valence-corrected chi connectivity index (χ3v) is 5.33. The van der Waals surface area contributed by atoms with Crippen LogP contribution in [0.25, 0.3) is 0 Å². The average Bonchev–Trinajstić information content (AvgIpc) is 3.05. The van der Waals surface area contributed by atoms with E-state index in [0.29, 0.717) is 24.0 Å². The molecule has 2 aromatic rings. The van der Waals surface area contributed by atoms with Crippen LogP contribution in [0.3, 0.4) is 0 Å². The molecule has 1 aliphatic carbocycles. The smallest absolute Gasteiger partial charge is 0.394 e. The highest BCUT2D eigenvalue weighted by Gasteiger charge is 2.52. The minimum absolute atomic E-state index is 0.0694. The standard InChI is InChI=1S/C20H18F3N3O2/c1-11(10-27)24-17-13-6-7-15(20(21,22)23)25-16(13)19(18(28)26-17)9-8-12-4-2-3-5-14(12)19/h2-7,11,27H,8-10H2,1H3,(H,24,26,28)/t11-,19+/m0/s1. The van der Waals surface area contributed by atoms with Gasteiger partial charge >= 0.3 is 6.18 Å². The fraction of sp³-hybridized carbons (Fsp3) is 0.350. The number of halogens is 3. The molecule has 0 radical (unpaired) electrons. The maximum Gasteiger partial charge on any atom is 0.433 e. The number of nitrogens with zero attached hydrogens (tertiary/aromatic N) is 2. The molecule has 2 heterocycles. The molecule has 5 nitrogen and oxygen atoms in total. The number of fused-ring (bicyclic) bond motifs is 4. The summed E-state index contributed by atoms with van der Waals surface area (Å²) in [5, 5.41) is 12.2. The lowest BCUT2D eigenvalue weighted by atomic mass is 9.74. The summed E-state index contributed by atoms with van der Waals surface area (Å²) >= 11 is 0. The van der Waals surface area contributed by atoms with Gasteiger partial charge in [-0.05, 0) is 43.0 Å². The van der Waals surface area contributed by atoms with Crippen LogP contribution in [0.4, 0.5) is 13.2 Å². The zero-order valence-electron chi connectivity index (χ0n) is 15.0. The Morgan fingerprint density at radius 2 is 2.00 bits per heavy atom. The number of aliphatic hydroxyl groups is 1. The number of amidine groups is 1. The third kappa shape index (κ3) is 2.71. The van der Waals surface area contributed by atoms with E-state index in [1.54, 1.807) is 19.1 Å². The van der Waals surface area contributed by atoms with E-state index in [4.69, 9.17) is 0 Å². The van der Waals surface area contributed by atoms with E-state index in [1.807, 2.05) is 12.1 Å². The molecule has 0 bridgehead atoms. The maximum atomic E-state index is 13.4. The number of alkyl halides is 3. The van der Waals surface area contributed by atoms with Crippen molar-refractivity contribution < 1.29 is 23.1 Å². The van der Waals surface area contributed by atoms with Crippen molar-refractivity contribution in [2.75, 3.05) is 6.61 Å². The number of carbonyl (C=O) groups excluding carboxylic acids is 1. The molecule has 4 rings (SSSR count). The zero-order valence-corrected chi connectivity index (χ0v) is 15.0. The van der Waals surface area contributed by atoms with Gasteiger partial charge in [0.15, 0.2) is 0 Å². The van der Waals surface area contributed by atoms with Crippen molar-refractivity contribution in [1.82, 2.24) is 10.3 Å². The summed E-state index contributed by atoms with van der Waals surface area (Å²) in [6, 6.07) is 9.00. The van der Waals surface area contributed by atoms with Crippen LogP contribution >= 0.6 is 0 Å². The topological polar surface area (TPSA) is 74.6 Å². The highest BCUT2D eigenvalue weighted by molar-refractivity contribution is 6.13. The number of aryl methyl sites for hydroxylation is 1. The van der Waals surface area contributed by atoms with Gasteiger partial charge in [-0.15, -0.1) is 0 Å². The van der Waals surface area contributed by atoms with Crippen molar-refractivity contribution in [3.8, 4) is 0 Å². The molecule has 146 valence electrons. The van der Waals surface area contributed by atoms with Gasteiger partial charge in [0.2, 0.25) is 0 Å². The lowest BCUT2D eigenvalue weighted by molar-refractivity contribution is -0.141. The van der Waals surface area contributed by atoms with E-state index < -0.39 is 29.2 Å². The Morgan fingerprint density at radius 1 is 1.25 bits per heavy atom. The summed E-state index contributed by atoms with van der Waals surface area (Å²) in [4.78, 5) is 21.3. The Hall–Kier alpha value is -2.74. The molecular weight excluding hydrogens is 371 g/mol. The number of hydrogen-bond donors (Lipinski definition) is 2. The number of pyridine rings is 1. The molecule has 1 spiro atoms. The first-order valence-electron chi connectivity index (χ1n) is 8.95. The summed E-state index contributed by atoms with van der Waals surface area (Å²) in [6.07, 6.45) is -3.75. The number of rotatable bonds is 2. The van der Waals surface area contributed by atoms with E-state index in [2.05, 4.69) is 15.3 Å². The Kier molecular flexibility index (Phi) is 4.26. The average molecular weight is 389 g/mol. The summed E-state index contributed by atoms with van der Waals surface area (Å²) in [5.41, 5.74) is -0.368. The number of amides is 1. The zero-order chi connectivity index (χ0) is 20.1.